The summed E-state index contributed by atoms with van der Waals surface area (Å²) < 4.78 is 11.6. The molecular formula is C22H24N2O4. The maximum Gasteiger partial charge on any atom is 0.313 e. The number of pyridine rings is 2. The van der Waals surface area contributed by atoms with Crippen LogP contribution in [0.4, 0.5) is 0 Å². The monoisotopic (exact) mass is 380 g/mol. The van der Waals surface area contributed by atoms with Gasteiger partial charge in [0.2, 0.25) is 0 Å². The van der Waals surface area contributed by atoms with E-state index in [2.05, 4.69) is 9.97 Å². The molecule has 3 rings (SSSR count). The Hall–Kier alpha value is -3.15. The third-order valence-corrected chi connectivity index (χ3v) is 4.51. The van der Waals surface area contributed by atoms with Crippen LogP contribution in [0.3, 0.4) is 0 Å². The number of hydrogen-bond donors (Lipinski definition) is 1. The quantitative estimate of drug-likeness (QED) is 0.672. The van der Waals surface area contributed by atoms with E-state index >= 15 is 0 Å². The van der Waals surface area contributed by atoms with E-state index in [1.54, 1.807) is 32.2 Å². The highest BCUT2D eigenvalue weighted by molar-refractivity contribution is 5.95. The fourth-order valence-corrected chi connectivity index (χ4v) is 3.07. The Morgan fingerprint density at radius 1 is 1.11 bits per heavy atom. The van der Waals surface area contributed by atoms with E-state index in [1.165, 1.54) is 0 Å². The zero-order valence-electron chi connectivity index (χ0n) is 16.8. The summed E-state index contributed by atoms with van der Waals surface area (Å²) in [4.78, 5) is 32.5. The molecule has 0 atom stereocenters. The molecule has 0 spiro atoms. The summed E-state index contributed by atoms with van der Waals surface area (Å²) in [5.41, 5.74) is 2.64. The highest BCUT2D eigenvalue weighted by Gasteiger charge is 2.25. The van der Waals surface area contributed by atoms with Gasteiger partial charge >= 0.3 is 5.97 Å². The van der Waals surface area contributed by atoms with Crippen molar-refractivity contribution in [3.63, 3.8) is 0 Å². The van der Waals surface area contributed by atoms with Gasteiger partial charge in [-0.1, -0.05) is 26.0 Å². The van der Waals surface area contributed by atoms with Gasteiger partial charge in [-0.05, 0) is 44.0 Å². The van der Waals surface area contributed by atoms with Gasteiger partial charge in [0.25, 0.3) is 5.56 Å². The van der Waals surface area contributed by atoms with Gasteiger partial charge in [-0.2, -0.15) is 0 Å². The summed E-state index contributed by atoms with van der Waals surface area (Å²) >= 11 is 0. The average Bonchev–Trinajstić information content (AvgIpc) is 2.66. The van der Waals surface area contributed by atoms with Crippen molar-refractivity contribution in [2.24, 2.45) is 5.92 Å². The number of carbonyl (C=O) groups excluding carboxylic acids is 1. The number of nitrogens with one attached hydrogen (secondary N) is 1. The second kappa shape index (κ2) is 7.84. The van der Waals surface area contributed by atoms with Gasteiger partial charge in [-0.25, -0.2) is 4.98 Å². The van der Waals surface area contributed by atoms with E-state index in [-0.39, 0.29) is 22.8 Å². The normalized spacial score (nSPS) is 11.1. The Labute approximate surface area is 163 Å². The summed E-state index contributed by atoms with van der Waals surface area (Å²) in [6.07, 6.45) is 1.58. The molecule has 0 fully saturated rings. The summed E-state index contributed by atoms with van der Waals surface area (Å²) in [6, 6.07) is 7.38. The number of aromatic nitrogens is 2. The van der Waals surface area contributed by atoms with Crippen molar-refractivity contribution in [3.05, 3.63) is 51.9 Å². The minimum atomic E-state index is -0.416. The summed E-state index contributed by atoms with van der Waals surface area (Å²) in [5.74, 6) is 0.0578. The van der Waals surface area contributed by atoms with Crippen molar-refractivity contribution in [1.29, 1.82) is 0 Å². The van der Waals surface area contributed by atoms with Crippen LogP contribution < -0.4 is 15.0 Å². The Balaban J connectivity index is 2.42. The zero-order chi connectivity index (χ0) is 20.4. The molecule has 6 heteroatoms. The van der Waals surface area contributed by atoms with Gasteiger partial charge in [0.05, 0.1) is 23.5 Å². The first-order valence-corrected chi connectivity index (χ1v) is 9.31. The number of hydrogen-bond acceptors (Lipinski definition) is 5. The molecule has 1 N–H and O–H groups in total. The lowest BCUT2D eigenvalue weighted by Gasteiger charge is -2.19. The lowest BCUT2D eigenvalue weighted by Crippen LogP contribution is -2.20. The molecule has 28 heavy (non-hydrogen) atoms. The molecule has 146 valence electrons. The molecule has 6 nitrogen and oxygen atoms in total. The molecule has 0 saturated carbocycles. The highest BCUT2D eigenvalue weighted by Crippen LogP contribution is 2.41. The van der Waals surface area contributed by atoms with Crippen LogP contribution in [-0.2, 0) is 4.79 Å². The van der Waals surface area contributed by atoms with E-state index in [9.17, 15) is 9.59 Å². The van der Waals surface area contributed by atoms with E-state index in [0.717, 1.165) is 11.1 Å². The van der Waals surface area contributed by atoms with Crippen molar-refractivity contribution in [1.82, 2.24) is 9.97 Å². The number of rotatable bonds is 5. The smallest absolute Gasteiger partial charge is 0.313 e. The molecule has 1 aromatic carbocycles. The molecule has 0 saturated heterocycles. The third kappa shape index (κ3) is 3.50. The fourth-order valence-electron chi connectivity index (χ4n) is 3.07. The van der Waals surface area contributed by atoms with Gasteiger partial charge in [0.1, 0.15) is 11.4 Å². The number of aryl methyl sites for hydroxylation is 2. The van der Waals surface area contributed by atoms with E-state index in [0.29, 0.717) is 29.0 Å². The number of esters is 1. The molecule has 0 aliphatic rings. The zero-order valence-corrected chi connectivity index (χ0v) is 16.8. The molecular weight excluding hydrogens is 356 g/mol. The Morgan fingerprint density at radius 2 is 1.82 bits per heavy atom. The lowest BCUT2D eigenvalue weighted by atomic mass is 9.96. The SMILES string of the molecule is CCOc1c(C)ccc(C)c1-c1c(OC(=O)C(C)C)c2cccnc2[nH]c1=O. The number of nitrogens with zero attached hydrogens (tertiary/aromatic N) is 1. The molecule has 0 amide bonds. The third-order valence-electron chi connectivity index (χ3n) is 4.51. The number of fused-ring (bicyclic) bond motifs is 1. The standard InChI is InChI=1S/C22H24N2O4/c1-6-27-18-14(5)10-9-13(4)16(18)17-19(28-22(26)12(2)3)15-8-7-11-23-20(15)24-21(17)25/h7-12H,6H2,1-5H3,(H,23,24,25). The first-order valence-electron chi connectivity index (χ1n) is 9.31. The second-order valence-corrected chi connectivity index (χ2v) is 6.97. The van der Waals surface area contributed by atoms with Crippen LogP contribution >= 0.6 is 0 Å². The molecule has 2 aromatic heterocycles. The van der Waals surface area contributed by atoms with Crippen LogP contribution in [0.15, 0.2) is 35.3 Å². The van der Waals surface area contributed by atoms with Crippen LogP contribution in [0.25, 0.3) is 22.2 Å². The largest absolute Gasteiger partial charge is 0.493 e. The number of H-pyrrole nitrogens is 1. The van der Waals surface area contributed by atoms with Gasteiger partial charge in [0.15, 0.2) is 5.75 Å². The van der Waals surface area contributed by atoms with E-state index < -0.39 is 5.97 Å². The molecule has 2 heterocycles. The van der Waals surface area contributed by atoms with Gasteiger partial charge in [0, 0.05) is 11.8 Å². The predicted molar refractivity (Wildman–Crippen MR) is 109 cm³/mol. The molecule has 0 unspecified atom stereocenters. The van der Waals surface area contributed by atoms with Crippen LogP contribution in [0, 0.1) is 19.8 Å². The van der Waals surface area contributed by atoms with Crippen molar-refractivity contribution in [3.8, 4) is 22.6 Å². The maximum absolute atomic E-state index is 13.1. The number of aromatic amines is 1. The first-order chi connectivity index (χ1) is 13.3. The Morgan fingerprint density at radius 3 is 2.50 bits per heavy atom. The van der Waals surface area contributed by atoms with Crippen molar-refractivity contribution >= 4 is 17.0 Å². The molecule has 0 aliphatic heterocycles. The minimum absolute atomic E-state index is 0.209. The van der Waals surface area contributed by atoms with Crippen LogP contribution in [-0.4, -0.2) is 22.5 Å². The Kier molecular flexibility index (Phi) is 5.49. The summed E-state index contributed by atoms with van der Waals surface area (Å²) in [5, 5.41) is 0.564. The molecule has 0 bridgehead atoms. The van der Waals surface area contributed by atoms with Crippen LogP contribution in [0.1, 0.15) is 31.9 Å². The first kappa shape index (κ1) is 19.6. The van der Waals surface area contributed by atoms with E-state index in [1.807, 2.05) is 32.9 Å². The van der Waals surface area contributed by atoms with Crippen LogP contribution in [0.5, 0.6) is 11.5 Å². The predicted octanol–water partition coefficient (Wildman–Crippen LogP) is 4.17. The molecule has 0 radical (unpaired) electrons. The Bertz CT molecular complexity index is 1100. The van der Waals surface area contributed by atoms with Crippen molar-refractivity contribution in [2.75, 3.05) is 6.61 Å². The highest BCUT2D eigenvalue weighted by atomic mass is 16.5. The molecule has 3 aromatic rings. The molecule has 0 aliphatic carbocycles. The topological polar surface area (TPSA) is 81.3 Å². The lowest BCUT2D eigenvalue weighted by molar-refractivity contribution is -0.137. The number of benzene rings is 1. The van der Waals surface area contributed by atoms with Gasteiger partial charge in [-0.3, -0.25) is 9.59 Å². The second-order valence-electron chi connectivity index (χ2n) is 6.97. The minimum Gasteiger partial charge on any atom is -0.493 e. The fraction of sp³-hybridized carbons (Fsp3) is 0.318. The van der Waals surface area contributed by atoms with Crippen molar-refractivity contribution < 1.29 is 14.3 Å². The maximum atomic E-state index is 13.1. The van der Waals surface area contributed by atoms with Gasteiger partial charge < -0.3 is 14.5 Å². The summed E-state index contributed by atoms with van der Waals surface area (Å²) in [7, 11) is 0. The summed E-state index contributed by atoms with van der Waals surface area (Å²) in [6.45, 7) is 9.66. The van der Waals surface area contributed by atoms with E-state index in [4.69, 9.17) is 9.47 Å². The van der Waals surface area contributed by atoms with Crippen molar-refractivity contribution in [2.45, 2.75) is 34.6 Å². The number of ether oxygens (including phenoxy) is 2. The van der Waals surface area contributed by atoms with Gasteiger partial charge in [-0.15, -0.1) is 0 Å². The number of carbonyl (C=O) groups is 1. The van der Waals surface area contributed by atoms with Crippen LogP contribution in [0.2, 0.25) is 0 Å². The average molecular weight is 380 g/mol.